The molecular formula is C6H11O6+. The highest BCUT2D eigenvalue weighted by Gasteiger charge is 3.22. The summed E-state index contributed by atoms with van der Waals surface area (Å²) < 4.78 is 2.36. The monoisotopic (exact) mass is 179 g/mol. The van der Waals surface area contributed by atoms with Crippen LogP contribution in [0.2, 0.25) is 0 Å². The molecular weight excluding hydrogens is 168 g/mol. The molecule has 1 saturated heterocycles. The van der Waals surface area contributed by atoms with E-state index in [0.717, 1.165) is 6.42 Å². The molecule has 2 saturated carbocycles. The molecule has 0 spiro atoms. The molecule has 3 fully saturated rings. The van der Waals surface area contributed by atoms with E-state index in [9.17, 15) is 4.79 Å². The van der Waals surface area contributed by atoms with Crippen molar-refractivity contribution < 1.29 is 30.3 Å². The van der Waals surface area contributed by atoms with Crippen LogP contribution in [0.5, 0.6) is 0 Å². The first-order valence-corrected chi connectivity index (χ1v) is 3.28. The van der Waals surface area contributed by atoms with Gasteiger partial charge in [0.1, 0.15) is 0 Å². The standard InChI is InChI=1S/C6H7O4.2H2O/c7-1-3(8)10-5-2-6(5,10)4(5)9;;/h4,7,9H,1-2H2;2*1H2/q+1;;/t5-,6-;;/m1../s1. The fourth-order valence-corrected chi connectivity index (χ4v) is 2.08. The highest BCUT2D eigenvalue weighted by molar-refractivity contribution is 5.86. The molecule has 6 heteroatoms. The van der Waals surface area contributed by atoms with E-state index < -0.39 is 6.61 Å². The van der Waals surface area contributed by atoms with Crippen molar-refractivity contribution in [1.82, 2.24) is 0 Å². The number of aliphatic hydroxyl groups is 2. The summed E-state index contributed by atoms with van der Waals surface area (Å²) in [4.78, 5) is 10.7. The zero-order valence-corrected chi connectivity index (χ0v) is 6.20. The molecule has 1 heterocycles. The van der Waals surface area contributed by atoms with Crippen LogP contribution in [0.1, 0.15) is 6.42 Å². The Kier molecular flexibility index (Phi) is 1.41. The number of hydrogen-bond donors (Lipinski definition) is 2. The molecule has 3 rings (SSSR count). The van der Waals surface area contributed by atoms with Gasteiger partial charge in [0.25, 0.3) is 0 Å². The van der Waals surface area contributed by atoms with Crippen LogP contribution in [0.3, 0.4) is 0 Å². The van der Waals surface area contributed by atoms with Gasteiger partial charge in [0.2, 0.25) is 17.8 Å². The summed E-state index contributed by atoms with van der Waals surface area (Å²) in [5.41, 5.74) is -0.486. The maximum absolute atomic E-state index is 10.7. The number of rotatable bonds is 1. The van der Waals surface area contributed by atoms with Gasteiger partial charge in [0, 0.05) is 4.79 Å². The van der Waals surface area contributed by atoms with Crippen LogP contribution >= 0.6 is 0 Å². The number of carbonyl (C=O) groups excluding carboxylic acids is 1. The maximum atomic E-state index is 10.7. The summed E-state index contributed by atoms with van der Waals surface area (Å²) in [6, 6.07) is 0. The molecule has 0 aromatic heterocycles. The van der Waals surface area contributed by atoms with E-state index in [1.54, 1.807) is 0 Å². The van der Waals surface area contributed by atoms with Crippen LogP contribution in [-0.4, -0.2) is 51.0 Å². The largest absolute Gasteiger partial charge is 0.545 e. The van der Waals surface area contributed by atoms with Gasteiger partial charge in [-0.1, -0.05) is 0 Å². The molecule has 70 valence electrons. The smallest absolute Gasteiger partial charge is 0.521 e. The van der Waals surface area contributed by atoms with Crippen molar-refractivity contribution in [2.75, 3.05) is 6.61 Å². The lowest BCUT2D eigenvalue weighted by molar-refractivity contribution is -0.221. The first-order chi connectivity index (χ1) is 4.72. The molecule has 2 atom stereocenters. The third-order valence-electron chi connectivity index (χ3n) is 2.96. The lowest BCUT2D eigenvalue weighted by Gasteiger charge is -2.25. The topological polar surface area (TPSA) is 123 Å². The average molecular weight is 179 g/mol. The summed E-state index contributed by atoms with van der Waals surface area (Å²) >= 11 is 0. The number of carbonyl (C=O) groups is 1. The SMILES string of the molecule is O.O.O=C(CO)[O+]1[C@@]23C[C@]12C3O. The van der Waals surface area contributed by atoms with Crippen LogP contribution in [0.4, 0.5) is 0 Å². The zero-order valence-electron chi connectivity index (χ0n) is 6.20. The van der Waals surface area contributed by atoms with Gasteiger partial charge in [-0.05, 0) is 0 Å². The summed E-state index contributed by atoms with van der Waals surface area (Å²) in [5.74, 6) is -0.323. The summed E-state index contributed by atoms with van der Waals surface area (Å²) in [6.07, 6.45) is 0.609. The van der Waals surface area contributed by atoms with E-state index >= 15 is 0 Å². The minimum absolute atomic E-state index is 0. The molecule has 1 aliphatic heterocycles. The molecule has 0 amide bonds. The second-order valence-corrected chi connectivity index (χ2v) is 3.19. The molecule has 0 radical (unpaired) electrons. The van der Waals surface area contributed by atoms with Crippen molar-refractivity contribution >= 4 is 5.97 Å². The van der Waals surface area contributed by atoms with Gasteiger partial charge in [-0.2, -0.15) is 0 Å². The third-order valence-corrected chi connectivity index (χ3v) is 2.96. The van der Waals surface area contributed by atoms with Crippen molar-refractivity contribution in [1.29, 1.82) is 0 Å². The van der Waals surface area contributed by atoms with E-state index in [0.29, 0.717) is 0 Å². The van der Waals surface area contributed by atoms with Crippen molar-refractivity contribution in [2.24, 2.45) is 0 Å². The Labute approximate surface area is 67.7 Å². The predicted octanol–water partition coefficient (Wildman–Crippen LogP) is -3.32. The third kappa shape index (κ3) is 0.438. The Balaban J connectivity index is 0.000000360. The van der Waals surface area contributed by atoms with Crippen molar-refractivity contribution in [3.63, 3.8) is 0 Å². The summed E-state index contributed by atoms with van der Waals surface area (Å²) in [6.45, 7) is -0.457. The summed E-state index contributed by atoms with van der Waals surface area (Å²) in [5, 5.41) is 17.4. The lowest BCUT2D eigenvalue weighted by Crippen LogP contribution is -2.41. The fourth-order valence-electron chi connectivity index (χ4n) is 2.08. The maximum Gasteiger partial charge on any atom is 0.545 e. The Morgan fingerprint density at radius 2 is 2.00 bits per heavy atom. The zero-order chi connectivity index (χ0) is 7.15. The normalized spacial score (nSPS) is 49.2. The molecule has 0 unspecified atom stereocenters. The molecule has 0 aromatic carbocycles. The van der Waals surface area contributed by atoms with E-state index in [1.165, 1.54) is 0 Å². The van der Waals surface area contributed by atoms with Crippen molar-refractivity contribution in [2.45, 2.75) is 23.7 Å². The Hall–Kier alpha value is -0.690. The van der Waals surface area contributed by atoms with E-state index in [-0.39, 0.29) is 34.2 Å². The highest BCUT2D eigenvalue weighted by Crippen LogP contribution is 2.96. The number of aliphatic hydroxyl groups excluding tert-OH is 2. The van der Waals surface area contributed by atoms with Gasteiger partial charge < -0.3 is 25.5 Å². The van der Waals surface area contributed by atoms with Crippen LogP contribution in [0.15, 0.2) is 0 Å². The van der Waals surface area contributed by atoms with Gasteiger partial charge >= 0.3 is 5.97 Å². The predicted molar refractivity (Wildman–Crippen MR) is 36.5 cm³/mol. The molecule has 6 N–H and O–H groups in total. The Morgan fingerprint density at radius 1 is 1.50 bits per heavy atom. The number of hydrogen-bond acceptors (Lipinski definition) is 3. The fraction of sp³-hybridized carbons (Fsp3) is 0.833. The van der Waals surface area contributed by atoms with Crippen LogP contribution < -0.4 is 0 Å². The molecule has 12 heavy (non-hydrogen) atoms. The van der Waals surface area contributed by atoms with Gasteiger partial charge in [0.05, 0.1) is 6.42 Å². The average Bonchev–Trinajstić information content (AvgIpc) is 2.75. The van der Waals surface area contributed by atoms with Gasteiger partial charge in [-0.15, -0.1) is 0 Å². The lowest BCUT2D eigenvalue weighted by atomic mass is 10.2. The molecule has 0 bridgehead atoms. The number of epoxide rings is 1. The Bertz CT molecular complexity index is 236. The molecule has 3 aliphatic rings. The van der Waals surface area contributed by atoms with Crippen LogP contribution in [-0.2, 0) is 9.16 Å². The Morgan fingerprint density at radius 3 is 2.25 bits per heavy atom. The van der Waals surface area contributed by atoms with Gasteiger partial charge in [0.15, 0.2) is 6.10 Å². The highest BCUT2D eigenvalue weighted by atomic mass is 16.9. The van der Waals surface area contributed by atoms with Crippen molar-refractivity contribution in [3.05, 3.63) is 0 Å². The van der Waals surface area contributed by atoms with Crippen LogP contribution in [0, 0.1) is 0 Å². The van der Waals surface area contributed by atoms with Crippen molar-refractivity contribution in [3.8, 4) is 0 Å². The van der Waals surface area contributed by atoms with Gasteiger partial charge in [-0.25, -0.2) is 0 Å². The first-order valence-electron chi connectivity index (χ1n) is 3.28. The summed E-state index contributed by atoms with van der Waals surface area (Å²) in [7, 11) is 0. The quantitative estimate of drug-likeness (QED) is 0.248. The second-order valence-electron chi connectivity index (χ2n) is 3.19. The van der Waals surface area contributed by atoms with Gasteiger partial charge in [-0.3, -0.25) is 0 Å². The van der Waals surface area contributed by atoms with E-state index in [1.807, 2.05) is 0 Å². The molecule has 6 nitrogen and oxygen atoms in total. The minimum Gasteiger partial charge on any atom is -0.521 e. The molecule has 0 aromatic rings. The first kappa shape index (κ1) is 9.40. The second kappa shape index (κ2) is 1.80. The van der Waals surface area contributed by atoms with E-state index in [4.69, 9.17) is 10.2 Å². The van der Waals surface area contributed by atoms with Crippen LogP contribution in [0.25, 0.3) is 0 Å². The van der Waals surface area contributed by atoms with E-state index in [2.05, 4.69) is 4.37 Å². The minimum atomic E-state index is -0.457. The molecule has 2 aliphatic carbocycles.